The third-order valence-corrected chi connectivity index (χ3v) is 8.18. The molecule has 2 aromatic carbocycles. The van der Waals surface area contributed by atoms with Crippen molar-refractivity contribution in [2.75, 3.05) is 33.3 Å². The van der Waals surface area contributed by atoms with Gasteiger partial charge in [-0.25, -0.2) is 4.98 Å². The Morgan fingerprint density at radius 2 is 1.51 bits per heavy atom. The average Bonchev–Trinajstić information content (AvgIpc) is 3.61. The summed E-state index contributed by atoms with van der Waals surface area (Å²) in [6, 6.07) is 14.9. The van der Waals surface area contributed by atoms with Gasteiger partial charge in [0.25, 0.3) is 11.8 Å². The van der Waals surface area contributed by atoms with E-state index in [1.54, 1.807) is 19.2 Å². The van der Waals surface area contributed by atoms with E-state index < -0.39 is 0 Å². The van der Waals surface area contributed by atoms with Gasteiger partial charge in [0.15, 0.2) is 0 Å². The number of hydrogen-bond acceptors (Lipinski definition) is 6. The Balaban J connectivity index is 0.00000140. The predicted molar refractivity (Wildman–Crippen MR) is 132 cm³/mol. The molecule has 7 rings (SSSR count). The molecule has 1 N–H and O–H groups in total. The Hall–Kier alpha value is -4.01. The topological polar surface area (TPSA) is 104 Å². The van der Waals surface area contributed by atoms with Crippen LogP contribution < -0.4 is 4.74 Å². The molecule has 0 bridgehead atoms. The van der Waals surface area contributed by atoms with Crippen molar-refractivity contribution in [3.05, 3.63) is 59.8 Å². The molecule has 4 atom stereocenters. The lowest BCUT2D eigenvalue weighted by atomic mass is 9.60. The monoisotopic (exact) mass is 472 g/mol. The zero-order valence-corrected chi connectivity index (χ0v) is 19.2. The standard InChI is InChI=1S/C26H24N6O3.2H2/c1-35-24-9-23(27-20-5-3-2-4-15(20)24)26(34)32-12-18-16-10-31(11-17(16)19(18)13-32)25(33)14-6-7-21-22(8-14)29-30-28-21;;/h2-9,16-19H,10-13H2,1H3,(H,28,29,30);2*1H/t16-,17+,18?,19?;;. The van der Waals surface area contributed by atoms with Crippen LogP contribution in [0, 0.1) is 23.7 Å². The Labute approximate surface area is 204 Å². The van der Waals surface area contributed by atoms with Gasteiger partial charge in [-0.1, -0.05) is 12.1 Å². The maximum atomic E-state index is 13.4. The van der Waals surface area contributed by atoms with Gasteiger partial charge in [0.05, 0.1) is 12.6 Å². The summed E-state index contributed by atoms with van der Waals surface area (Å²) in [4.78, 5) is 35.1. The highest BCUT2D eigenvalue weighted by atomic mass is 16.5. The number of fused-ring (bicyclic) bond motifs is 6. The molecule has 0 radical (unpaired) electrons. The van der Waals surface area contributed by atoms with Gasteiger partial charge in [0, 0.05) is 46.0 Å². The van der Waals surface area contributed by atoms with Gasteiger partial charge in [-0.2, -0.15) is 15.4 Å². The smallest absolute Gasteiger partial charge is 0.272 e. The van der Waals surface area contributed by atoms with Crippen molar-refractivity contribution in [3.63, 3.8) is 0 Å². The zero-order chi connectivity index (χ0) is 23.7. The van der Waals surface area contributed by atoms with E-state index in [-0.39, 0.29) is 14.7 Å². The molecule has 0 spiro atoms. The first kappa shape index (κ1) is 20.4. The molecule has 180 valence electrons. The molecule has 4 aromatic rings. The van der Waals surface area contributed by atoms with E-state index >= 15 is 0 Å². The van der Waals surface area contributed by atoms with E-state index in [1.807, 2.05) is 46.2 Å². The Morgan fingerprint density at radius 1 is 0.857 bits per heavy atom. The lowest BCUT2D eigenvalue weighted by Crippen LogP contribution is -2.44. The van der Waals surface area contributed by atoms with Crippen LogP contribution in [0.2, 0.25) is 0 Å². The highest BCUT2D eigenvalue weighted by Crippen LogP contribution is 2.54. The Kier molecular flexibility index (Phi) is 4.36. The molecule has 9 nitrogen and oxygen atoms in total. The van der Waals surface area contributed by atoms with E-state index in [1.165, 1.54) is 0 Å². The lowest BCUT2D eigenvalue weighted by molar-refractivity contribution is 0.0629. The maximum Gasteiger partial charge on any atom is 0.272 e. The fraction of sp³-hybridized carbons (Fsp3) is 0.346. The van der Waals surface area contributed by atoms with Crippen LogP contribution in [-0.2, 0) is 0 Å². The number of nitrogens with zero attached hydrogens (tertiary/aromatic N) is 5. The first-order valence-electron chi connectivity index (χ1n) is 11.9. The van der Waals surface area contributed by atoms with Gasteiger partial charge in [-0.15, -0.1) is 0 Å². The van der Waals surface area contributed by atoms with E-state index in [0.717, 1.165) is 29.5 Å². The molecular formula is C26H28N6O3. The molecule has 35 heavy (non-hydrogen) atoms. The molecule has 2 saturated heterocycles. The second-order valence-electron chi connectivity index (χ2n) is 9.83. The molecule has 3 fully saturated rings. The SMILES string of the molecule is COc1cc(C(=O)N2CC3C(C2)[C@@H]2CN(C(=O)c4ccc5n[nH]nc5c4)C[C@H]32)nc2ccccc12.[HH].[HH]. The second-order valence-corrected chi connectivity index (χ2v) is 9.83. The van der Waals surface area contributed by atoms with E-state index in [4.69, 9.17) is 4.74 Å². The number of carbonyl (C=O) groups is 2. The number of para-hydroxylation sites is 1. The molecule has 9 heteroatoms. The summed E-state index contributed by atoms with van der Waals surface area (Å²) in [5.41, 5.74) is 3.27. The molecule has 2 amide bonds. The Bertz CT molecular complexity index is 1490. The first-order chi connectivity index (χ1) is 17.1. The summed E-state index contributed by atoms with van der Waals surface area (Å²) in [7, 11) is 1.62. The minimum absolute atomic E-state index is 0. The summed E-state index contributed by atoms with van der Waals surface area (Å²) in [5, 5.41) is 11.6. The highest BCUT2D eigenvalue weighted by Gasteiger charge is 2.59. The normalized spacial score (nSPS) is 24.9. The molecule has 2 aromatic heterocycles. The van der Waals surface area contributed by atoms with Crippen LogP contribution in [0.3, 0.4) is 0 Å². The van der Waals surface area contributed by atoms with Gasteiger partial charge in [-0.05, 0) is 54.0 Å². The third kappa shape index (κ3) is 3.03. The third-order valence-electron chi connectivity index (χ3n) is 8.18. The summed E-state index contributed by atoms with van der Waals surface area (Å²) < 4.78 is 5.53. The van der Waals surface area contributed by atoms with Crippen molar-refractivity contribution < 1.29 is 17.2 Å². The molecular weight excluding hydrogens is 444 g/mol. The summed E-state index contributed by atoms with van der Waals surface area (Å²) >= 11 is 0. The molecule has 1 aliphatic carbocycles. The zero-order valence-electron chi connectivity index (χ0n) is 19.2. The van der Waals surface area contributed by atoms with E-state index in [2.05, 4.69) is 20.4 Å². The lowest BCUT2D eigenvalue weighted by Gasteiger charge is -2.42. The van der Waals surface area contributed by atoms with Gasteiger partial charge in [0.1, 0.15) is 22.5 Å². The molecule has 4 heterocycles. The average molecular weight is 473 g/mol. The number of aromatic nitrogens is 4. The van der Waals surface area contributed by atoms with Crippen LogP contribution in [0.1, 0.15) is 23.7 Å². The van der Waals surface area contributed by atoms with Crippen molar-refractivity contribution in [2.24, 2.45) is 23.7 Å². The second kappa shape index (κ2) is 7.49. The van der Waals surface area contributed by atoms with Crippen LogP contribution in [0.25, 0.3) is 21.9 Å². The molecule has 3 aliphatic rings. The fourth-order valence-electron chi connectivity index (χ4n) is 6.45. The molecule has 2 unspecified atom stereocenters. The number of nitrogens with one attached hydrogen (secondary N) is 1. The minimum atomic E-state index is -0.0460. The van der Waals surface area contributed by atoms with Crippen LogP contribution in [0.5, 0.6) is 5.75 Å². The maximum absolute atomic E-state index is 13.4. The number of carbonyl (C=O) groups excluding carboxylic acids is 2. The van der Waals surface area contributed by atoms with Gasteiger partial charge in [0.2, 0.25) is 0 Å². The van der Waals surface area contributed by atoms with Crippen molar-refractivity contribution in [2.45, 2.75) is 0 Å². The van der Waals surface area contributed by atoms with Crippen LogP contribution in [0.4, 0.5) is 0 Å². The number of benzene rings is 2. The fourth-order valence-corrected chi connectivity index (χ4v) is 6.45. The van der Waals surface area contributed by atoms with Gasteiger partial charge >= 0.3 is 0 Å². The van der Waals surface area contributed by atoms with Gasteiger partial charge < -0.3 is 14.5 Å². The van der Waals surface area contributed by atoms with E-state index in [0.29, 0.717) is 59.3 Å². The number of pyridine rings is 1. The number of hydrogen-bond donors (Lipinski definition) is 1. The highest BCUT2D eigenvalue weighted by molar-refractivity contribution is 5.98. The largest absolute Gasteiger partial charge is 0.496 e. The number of ether oxygens (including phenoxy) is 1. The number of likely N-dealkylation sites (tertiary alicyclic amines) is 2. The molecule has 1 saturated carbocycles. The summed E-state index contributed by atoms with van der Waals surface area (Å²) in [6.07, 6.45) is 0. The minimum Gasteiger partial charge on any atom is -0.496 e. The molecule has 2 aliphatic heterocycles. The predicted octanol–water partition coefficient (Wildman–Crippen LogP) is 3.10. The number of methoxy groups -OCH3 is 1. The van der Waals surface area contributed by atoms with Crippen LogP contribution in [-0.4, -0.2) is 75.3 Å². The summed E-state index contributed by atoms with van der Waals surface area (Å²) in [5.74, 6) is 2.41. The van der Waals surface area contributed by atoms with Crippen LogP contribution >= 0.6 is 0 Å². The van der Waals surface area contributed by atoms with Gasteiger partial charge in [-0.3, -0.25) is 9.59 Å². The number of aromatic amines is 1. The van der Waals surface area contributed by atoms with E-state index in [9.17, 15) is 9.59 Å². The van der Waals surface area contributed by atoms with Crippen molar-refractivity contribution in [1.82, 2.24) is 30.2 Å². The number of rotatable bonds is 3. The number of amides is 2. The van der Waals surface area contributed by atoms with Crippen molar-refractivity contribution in [3.8, 4) is 5.75 Å². The quantitative estimate of drug-likeness (QED) is 0.491. The van der Waals surface area contributed by atoms with Crippen molar-refractivity contribution >= 4 is 33.8 Å². The first-order valence-corrected chi connectivity index (χ1v) is 11.9. The number of H-pyrrole nitrogens is 1. The van der Waals surface area contributed by atoms with Crippen LogP contribution in [0.15, 0.2) is 48.5 Å². The van der Waals surface area contributed by atoms with Crippen molar-refractivity contribution in [1.29, 1.82) is 0 Å². The Morgan fingerprint density at radius 3 is 2.23 bits per heavy atom. The summed E-state index contributed by atoms with van der Waals surface area (Å²) in [6.45, 7) is 2.92.